The van der Waals surface area contributed by atoms with Gasteiger partial charge in [-0.05, 0) is 0 Å². The number of hydrogen-bond donors (Lipinski definition) is 0. The summed E-state index contributed by atoms with van der Waals surface area (Å²) < 4.78 is 6.05. The molecule has 1 saturated heterocycles. The van der Waals surface area contributed by atoms with Crippen molar-refractivity contribution in [3.63, 3.8) is 0 Å². The van der Waals surface area contributed by atoms with E-state index in [4.69, 9.17) is 0 Å². The zero-order valence-corrected chi connectivity index (χ0v) is 20.2. The average Bonchev–Trinajstić information content (AvgIpc) is 3.05. The van der Waals surface area contributed by atoms with Gasteiger partial charge in [0.25, 0.3) is 0 Å². The molecule has 1 aliphatic heterocycles. The molecule has 2 aliphatic carbocycles. The quantitative estimate of drug-likeness (QED) is 0.356. The van der Waals surface area contributed by atoms with Gasteiger partial charge in [0.05, 0.1) is 0 Å². The summed E-state index contributed by atoms with van der Waals surface area (Å²) in [4.78, 5) is 0. The van der Waals surface area contributed by atoms with Gasteiger partial charge in [-0.15, -0.1) is 0 Å². The van der Waals surface area contributed by atoms with Crippen molar-refractivity contribution in [2.75, 3.05) is 0 Å². The van der Waals surface area contributed by atoms with Crippen LogP contribution in [0.5, 0.6) is 0 Å². The minimum Gasteiger partial charge on any atom is -1.00 e. The first-order chi connectivity index (χ1) is 11.3. The standard InChI is InChI=1S/C11H17.C9H7.C2H4.2ClH.Hf/c1-2-3-4-5-8-11-9-6-7-10-11;1-2-5-9-7-3-6-8(9)4-1;1-2;;;/h6,9H,2-5,7-8H2,1H3;1-7H;1-2H2;2*1H;/q;;;;;+2/p-2. The molecule has 1 fully saturated rings. The van der Waals surface area contributed by atoms with Crippen molar-refractivity contribution in [2.24, 2.45) is 0 Å². The fraction of sp³-hybridized carbons (Fsp3) is 0.455. The van der Waals surface area contributed by atoms with Crippen LogP contribution in [0.4, 0.5) is 0 Å². The molecule has 0 nitrogen and oxygen atoms in total. The first-order valence-electron chi connectivity index (χ1n) is 9.51. The zero-order chi connectivity index (χ0) is 15.7. The largest absolute Gasteiger partial charge is 1.00 e. The van der Waals surface area contributed by atoms with E-state index < -0.39 is 20.0 Å². The molecule has 0 N–H and O–H groups in total. The Balaban J connectivity index is 0.00000113. The van der Waals surface area contributed by atoms with Crippen molar-refractivity contribution < 1.29 is 44.8 Å². The molecule has 3 heteroatoms. The molecule has 25 heavy (non-hydrogen) atoms. The molecule has 1 heterocycles. The number of allylic oxidation sites excluding steroid dienone is 5. The van der Waals surface area contributed by atoms with Crippen LogP contribution >= 0.6 is 0 Å². The summed E-state index contributed by atoms with van der Waals surface area (Å²) in [6.07, 6.45) is 18.2. The van der Waals surface area contributed by atoms with Crippen LogP contribution in [0.1, 0.15) is 60.3 Å². The molecule has 1 aromatic carbocycles. The van der Waals surface area contributed by atoms with Gasteiger partial charge in [-0.25, -0.2) is 0 Å². The first-order valence-corrected chi connectivity index (χ1v) is 18.5. The molecule has 134 valence electrons. The Bertz CT molecular complexity index is 683. The van der Waals surface area contributed by atoms with E-state index in [1.165, 1.54) is 44.1 Å². The maximum atomic E-state index is 2.58. The van der Waals surface area contributed by atoms with Gasteiger partial charge >= 0.3 is 146 Å². The number of rotatable bonds is 7. The topological polar surface area (TPSA) is 0 Å². The molecular formula is C22H28Cl2Hf. The normalized spacial score (nSPS) is 20.4. The number of unbranched alkanes of at least 4 members (excludes halogenated alkanes) is 3. The molecule has 0 bridgehead atoms. The third-order valence-corrected chi connectivity index (χ3v) is 24.1. The van der Waals surface area contributed by atoms with Crippen LogP contribution in [0.25, 0.3) is 6.08 Å². The second-order valence-corrected chi connectivity index (χ2v) is 23.8. The summed E-state index contributed by atoms with van der Waals surface area (Å²) in [5, 5.41) is 0. The third-order valence-electron chi connectivity index (χ3n) is 6.11. The minimum absolute atomic E-state index is 0. The molecule has 0 aromatic heterocycles. The average molecular weight is 542 g/mol. The van der Waals surface area contributed by atoms with Crippen molar-refractivity contribution in [1.82, 2.24) is 0 Å². The summed E-state index contributed by atoms with van der Waals surface area (Å²) in [6, 6.07) is 9.15. The Labute approximate surface area is 170 Å². The van der Waals surface area contributed by atoms with Crippen LogP contribution in [0.2, 0.25) is 8.35 Å². The summed E-state index contributed by atoms with van der Waals surface area (Å²) in [5.41, 5.74) is 4.94. The maximum absolute atomic E-state index is 2.58. The van der Waals surface area contributed by atoms with Gasteiger partial charge in [-0.2, -0.15) is 0 Å². The molecule has 3 aliphatic rings. The summed E-state index contributed by atoms with van der Waals surface area (Å²) in [7, 11) is 0. The van der Waals surface area contributed by atoms with Crippen LogP contribution in [0.15, 0.2) is 51.4 Å². The van der Waals surface area contributed by atoms with Crippen molar-refractivity contribution >= 4 is 6.08 Å². The number of fused-ring (bicyclic) bond motifs is 1. The predicted molar refractivity (Wildman–Crippen MR) is 97.4 cm³/mol. The van der Waals surface area contributed by atoms with Crippen LogP contribution in [-0.2, 0) is 20.0 Å². The fourth-order valence-electron chi connectivity index (χ4n) is 4.72. The number of hydrogen-bond acceptors (Lipinski definition) is 0. The van der Waals surface area contributed by atoms with Crippen LogP contribution in [-0.4, -0.2) is 0 Å². The van der Waals surface area contributed by atoms with Gasteiger partial charge < -0.3 is 24.8 Å². The van der Waals surface area contributed by atoms with Gasteiger partial charge in [0.1, 0.15) is 0 Å². The Morgan fingerprint density at radius 1 is 1.00 bits per heavy atom. The monoisotopic (exact) mass is 542 g/mol. The number of halogens is 2. The van der Waals surface area contributed by atoms with E-state index in [0.29, 0.717) is 0 Å². The van der Waals surface area contributed by atoms with Crippen molar-refractivity contribution in [2.45, 2.75) is 57.5 Å². The van der Waals surface area contributed by atoms with Gasteiger partial charge in [0.2, 0.25) is 0 Å². The minimum atomic E-state index is -2.25. The molecule has 1 unspecified atom stereocenters. The smallest absolute Gasteiger partial charge is 1.00 e. The Kier molecular flexibility index (Phi) is 7.80. The van der Waals surface area contributed by atoms with Crippen LogP contribution in [0, 0.1) is 0 Å². The molecule has 0 radical (unpaired) electrons. The maximum Gasteiger partial charge on any atom is -1.00 e. The Morgan fingerprint density at radius 2 is 1.80 bits per heavy atom. The molecule has 1 atom stereocenters. The number of benzene rings is 1. The predicted octanol–water partition coefficient (Wildman–Crippen LogP) is 0.951. The second kappa shape index (κ2) is 9.20. The van der Waals surface area contributed by atoms with E-state index in [-0.39, 0.29) is 24.8 Å². The molecule has 1 aromatic rings. The first kappa shape index (κ1) is 21.2. The van der Waals surface area contributed by atoms with Gasteiger partial charge in [0, 0.05) is 0 Å². The van der Waals surface area contributed by atoms with Gasteiger partial charge in [-0.3, -0.25) is 0 Å². The van der Waals surface area contributed by atoms with Crippen molar-refractivity contribution in [1.29, 1.82) is 0 Å². The summed E-state index contributed by atoms with van der Waals surface area (Å²) in [5.74, 6) is 0. The van der Waals surface area contributed by atoms with E-state index >= 15 is 0 Å². The van der Waals surface area contributed by atoms with E-state index in [2.05, 4.69) is 55.5 Å². The fourth-order valence-corrected chi connectivity index (χ4v) is 29.0. The third kappa shape index (κ3) is 4.09. The van der Waals surface area contributed by atoms with Gasteiger partial charge in [0.15, 0.2) is 0 Å². The van der Waals surface area contributed by atoms with E-state index in [9.17, 15) is 0 Å². The van der Waals surface area contributed by atoms with E-state index in [1.54, 1.807) is 19.5 Å². The van der Waals surface area contributed by atoms with Gasteiger partial charge in [-0.1, -0.05) is 0 Å². The SMILES string of the molecule is CCCCCCC1=[C]([Hf+2]2([CH]3C=Cc4ccccc43)[CH2][CH2]2)CC=C1.[Cl-].[Cl-]. The summed E-state index contributed by atoms with van der Waals surface area (Å²) >= 11 is -2.25. The van der Waals surface area contributed by atoms with E-state index in [1.807, 2.05) is 3.33 Å². The molecule has 0 spiro atoms. The zero-order valence-electron chi connectivity index (χ0n) is 15.1. The van der Waals surface area contributed by atoms with E-state index in [0.717, 1.165) is 3.67 Å². The molecular weight excluding hydrogens is 514 g/mol. The van der Waals surface area contributed by atoms with Crippen LogP contribution in [0.3, 0.4) is 0 Å². The molecule has 0 saturated carbocycles. The second-order valence-electron chi connectivity index (χ2n) is 7.54. The molecule has 0 amide bonds. The van der Waals surface area contributed by atoms with Crippen molar-refractivity contribution in [3.05, 3.63) is 62.5 Å². The van der Waals surface area contributed by atoms with Crippen LogP contribution < -0.4 is 24.8 Å². The summed E-state index contributed by atoms with van der Waals surface area (Å²) in [6.45, 7) is 2.31. The Hall–Kier alpha value is -0.110. The Morgan fingerprint density at radius 3 is 2.56 bits per heavy atom. The van der Waals surface area contributed by atoms with Crippen molar-refractivity contribution in [3.8, 4) is 0 Å². The molecule has 4 rings (SSSR count).